The van der Waals surface area contributed by atoms with Crippen LogP contribution in [0.5, 0.6) is 5.75 Å². The smallest absolute Gasteiger partial charge is 0.265 e. The summed E-state index contributed by atoms with van der Waals surface area (Å²) < 4.78 is 5.66. The first-order valence-corrected chi connectivity index (χ1v) is 11.2. The fraction of sp³-hybridized carbons (Fsp3) is 0.286. The molecule has 0 bridgehead atoms. The average Bonchev–Trinajstić information content (AvgIpc) is 2.80. The van der Waals surface area contributed by atoms with Crippen LogP contribution in [0.4, 0.5) is 5.69 Å². The predicted molar refractivity (Wildman–Crippen MR) is 131 cm³/mol. The van der Waals surface area contributed by atoms with Gasteiger partial charge in [-0.2, -0.15) is 0 Å². The summed E-state index contributed by atoms with van der Waals surface area (Å²) in [7, 11) is 0. The highest BCUT2D eigenvalue weighted by Crippen LogP contribution is 2.37. The summed E-state index contributed by atoms with van der Waals surface area (Å²) in [5, 5.41) is 3.05. The fourth-order valence-corrected chi connectivity index (χ4v) is 3.94. The van der Waals surface area contributed by atoms with Gasteiger partial charge in [-0.25, -0.2) is 0 Å². The molecule has 5 nitrogen and oxygen atoms in total. The maximum Gasteiger partial charge on any atom is 0.265 e. The van der Waals surface area contributed by atoms with E-state index in [1.807, 2.05) is 73.7 Å². The number of nitrogens with zero attached hydrogens (tertiary/aromatic N) is 1. The van der Waals surface area contributed by atoms with Crippen molar-refractivity contribution < 1.29 is 14.3 Å². The second-order valence-corrected chi connectivity index (χ2v) is 9.51. The number of carbonyl (C=O) groups excluding carboxylic acids is 2. The lowest BCUT2D eigenvalue weighted by Crippen LogP contribution is -2.38. The Morgan fingerprint density at radius 2 is 1.79 bits per heavy atom. The van der Waals surface area contributed by atoms with E-state index < -0.39 is 0 Å². The molecule has 33 heavy (non-hydrogen) atoms. The molecule has 0 saturated heterocycles. The topological polar surface area (TPSA) is 58.6 Å². The molecule has 1 atom stereocenters. The number of amides is 2. The molecule has 1 heterocycles. The van der Waals surface area contributed by atoms with Crippen LogP contribution in [-0.4, -0.2) is 18.4 Å². The molecule has 0 saturated carbocycles. The maximum absolute atomic E-state index is 12.9. The van der Waals surface area contributed by atoms with E-state index in [2.05, 4.69) is 26.1 Å². The summed E-state index contributed by atoms with van der Waals surface area (Å²) in [6.07, 6.45) is 0. The van der Waals surface area contributed by atoms with Gasteiger partial charge >= 0.3 is 0 Å². The lowest BCUT2D eigenvalue weighted by molar-refractivity contribution is -0.121. The molecule has 1 aliphatic heterocycles. The van der Waals surface area contributed by atoms with Crippen LogP contribution in [0.3, 0.4) is 0 Å². The third-order valence-electron chi connectivity index (χ3n) is 5.94. The molecule has 170 valence electrons. The van der Waals surface area contributed by atoms with Crippen molar-refractivity contribution in [1.82, 2.24) is 5.32 Å². The lowest BCUT2D eigenvalue weighted by atomic mass is 9.86. The van der Waals surface area contributed by atoms with Crippen molar-refractivity contribution in [2.45, 2.75) is 45.7 Å². The molecule has 2 amide bonds. The van der Waals surface area contributed by atoms with Gasteiger partial charge in [0.2, 0.25) is 0 Å². The molecule has 0 spiro atoms. The normalized spacial score (nSPS) is 14.3. The summed E-state index contributed by atoms with van der Waals surface area (Å²) >= 11 is 0. The number of hydrogen-bond donors (Lipinski definition) is 1. The van der Waals surface area contributed by atoms with Gasteiger partial charge in [0.15, 0.2) is 6.61 Å². The van der Waals surface area contributed by atoms with Crippen LogP contribution in [0.1, 0.15) is 60.8 Å². The summed E-state index contributed by atoms with van der Waals surface area (Å²) in [5.74, 6) is 0.464. The van der Waals surface area contributed by atoms with E-state index in [0.717, 1.165) is 22.4 Å². The molecule has 5 heteroatoms. The first-order valence-electron chi connectivity index (χ1n) is 11.2. The largest absolute Gasteiger partial charge is 0.482 e. The number of fused-ring (bicyclic) bond motifs is 1. The van der Waals surface area contributed by atoms with Crippen molar-refractivity contribution in [1.29, 1.82) is 0 Å². The number of ether oxygens (including phenoxy) is 1. The standard InChI is InChI=1S/C28H30N2O3/c1-19(21-10-6-5-7-11-21)29-27(32)22-12-8-9-20(15-22)17-30-24-16-23(28(2,3)4)13-14-25(24)33-18-26(30)31/h5-16,19H,17-18H2,1-4H3,(H,29,32). The van der Waals surface area contributed by atoms with Gasteiger partial charge in [-0.3, -0.25) is 9.59 Å². The second kappa shape index (κ2) is 9.10. The third kappa shape index (κ3) is 5.08. The zero-order valence-electron chi connectivity index (χ0n) is 19.6. The second-order valence-electron chi connectivity index (χ2n) is 9.51. The number of rotatable bonds is 5. The Morgan fingerprint density at radius 3 is 2.52 bits per heavy atom. The molecule has 3 aromatic rings. The van der Waals surface area contributed by atoms with E-state index in [1.165, 1.54) is 0 Å². The van der Waals surface area contributed by atoms with Crippen LogP contribution in [0.2, 0.25) is 0 Å². The van der Waals surface area contributed by atoms with Gasteiger partial charge in [0.05, 0.1) is 18.3 Å². The van der Waals surface area contributed by atoms with Crippen LogP contribution in [0, 0.1) is 0 Å². The Labute approximate surface area is 195 Å². The van der Waals surface area contributed by atoms with Gasteiger partial charge in [-0.1, -0.05) is 69.3 Å². The van der Waals surface area contributed by atoms with Crippen molar-refractivity contribution in [3.05, 3.63) is 95.1 Å². The fourth-order valence-electron chi connectivity index (χ4n) is 3.94. The summed E-state index contributed by atoms with van der Waals surface area (Å²) in [4.78, 5) is 27.4. The molecule has 0 radical (unpaired) electrons. The highest BCUT2D eigenvalue weighted by Gasteiger charge is 2.28. The van der Waals surface area contributed by atoms with Gasteiger partial charge in [0.25, 0.3) is 11.8 Å². The SMILES string of the molecule is CC(NC(=O)c1cccc(CN2C(=O)COc3ccc(C(C)(C)C)cc32)c1)c1ccccc1. The van der Waals surface area contributed by atoms with E-state index in [9.17, 15) is 9.59 Å². The Balaban J connectivity index is 1.55. The molecule has 1 N–H and O–H groups in total. The molecular formula is C28H30N2O3. The van der Waals surface area contributed by atoms with Crippen LogP contribution in [-0.2, 0) is 16.8 Å². The third-order valence-corrected chi connectivity index (χ3v) is 5.94. The van der Waals surface area contributed by atoms with Crippen molar-refractivity contribution in [3.8, 4) is 5.75 Å². The number of benzene rings is 3. The van der Waals surface area contributed by atoms with Crippen molar-refractivity contribution in [3.63, 3.8) is 0 Å². The highest BCUT2D eigenvalue weighted by molar-refractivity contribution is 5.98. The number of hydrogen-bond acceptors (Lipinski definition) is 3. The average molecular weight is 443 g/mol. The van der Waals surface area contributed by atoms with E-state index in [0.29, 0.717) is 17.9 Å². The molecule has 1 aliphatic rings. The zero-order valence-corrected chi connectivity index (χ0v) is 19.6. The molecule has 0 fully saturated rings. The molecule has 4 rings (SSSR count). The van der Waals surface area contributed by atoms with Crippen LogP contribution < -0.4 is 15.0 Å². The summed E-state index contributed by atoms with van der Waals surface area (Å²) in [5.41, 5.74) is 4.36. The Morgan fingerprint density at radius 1 is 1.03 bits per heavy atom. The van der Waals surface area contributed by atoms with Gasteiger partial charge in [0.1, 0.15) is 5.75 Å². The van der Waals surface area contributed by atoms with Crippen molar-refractivity contribution in [2.75, 3.05) is 11.5 Å². The van der Waals surface area contributed by atoms with E-state index in [4.69, 9.17) is 4.74 Å². The quantitative estimate of drug-likeness (QED) is 0.576. The number of carbonyl (C=O) groups is 2. The first kappa shape index (κ1) is 22.6. The van der Waals surface area contributed by atoms with E-state index in [-0.39, 0.29) is 29.9 Å². The number of nitrogens with one attached hydrogen (secondary N) is 1. The number of anilines is 1. The van der Waals surface area contributed by atoms with Crippen molar-refractivity contribution in [2.24, 2.45) is 0 Å². The zero-order chi connectivity index (χ0) is 23.6. The van der Waals surface area contributed by atoms with Crippen LogP contribution in [0.15, 0.2) is 72.8 Å². The highest BCUT2D eigenvalue weighted by atomic mass is 16.5. The van der Waals surface area contributed by atoms with Gasteiger partial charge in [-0.05, 0) is 53.3 Å². The Hall–Kier alpha value is -3.60. The molecule has 1 unspecified atom stereocenters. The van der Waals surface area contributed by atoms with E-state index in [1.54, 1.807) is 11.0 Å². The monoisotopic (exact) mass is 442 g/mol. The van der Waals surface area contributed by atoms with Gasteiger partial charge in [-0.15, -0.1) is 0 Å². The molecule has 0 aromatic heterocycles. The Kier molecular flexibility index (Phi) is 6.23. The van der Waals surface area contributed by atoms with Crippen LogP contribution in [0.25, 0.3) is 0 Å². The minimum atomic E-state index is -0.142. The first-order chi connectivity index (χ1) is 15.7. The molecular weight excluding hydrogens is 412 g/mol. The van der Waals surface area contributed by atoms with Crippen molar-refractivity contribution >= 4 is 17.5 Å². The Bertz CT molecular complexity index is 1170. The van der Waals surface area contributed by atoms with Crippen LogP contribution >= 0.6 is 0 Å². The molecule has 0 aliphatic carbocycles. The molecule has 3 aromatic carbocycles. The maximum atomic E-state index is 12.9. The van der Waals surface area contributed by atoms with Gasteiger partial charge < -0.3 is 15.0 Å². The van der Waals surface area contributed by atoms with Gasteiger partial charge in [0, 0.05) is 5.56 Å². The summed E-state index contributed by atoms with van der Waals surface area (Å²) in [6, 6.07) is 23.2. The predicted octanol–water partition coefficient (Wildman–Crippen LogP) is 5.40. The minimum absolute atomic E-state index is 0.0105. The minimum Gasteiger partial charge on any atom is -0.482 e. The van der Waals surface area contributed by atoms with E-state index >= 15 is 0 Å². The lowest BCUT2D eigenvalue weighted by Gasteiger charge is -2.31. The summed E-state index contributed by atoms with van der Waals surface area (Å²) in [6.45, 7) is 8.78.